The van der Waals surface area contributed by atoms with Crippen molar-refractivity contribution in [1.82, 2.24) is 29.6 Å². The van der Waals surface area contributed by atoms with E-state index in [2.05, 4.69) is 20.3 Å². The van der Waals surface area contributed by atoms with Crippen LogP contribution in [0.2, 0.25) is 0 Å². The average molecular weight is 340 g/mol. The molecular formula is C17H20N6O2. The number of likely N-dealkylation sites (tertiary alicyclic amines) is 1. The quantitative estimate of drug-likeness (QED) is 0.697. The molecule has 0 bridgehead atoms. The topological polar surface area (TPSA) is 82.0 Å². The van der Waals surface area contributed by atoms with Gasteiger partial charge in [-0.25, -0.2) is 9.36 Å². The summed E-state index contributed by atoms with van der Waals surface area (Å²) < 4.78 is 8.11. The molecule has 4 heterocycles. The molecule has 1 saturated heterocycles. The lowest BCUT2D eigenvalue weighted by molar-refractivity contribution is 0.160. The first-order chi connectivity index (χ1) is 12.3. The molecule has 1 aliphatic heterocycles. The Morgan fingerprint density at radius 2 is 2.08 bits per heavy atom. The van der Waals surface area contributed by atoms with Crippen LogP contribution in [0.15, 0.2) is 52.2 Å². The van der Waals surface area contributed by atoms with Crippen LogP contribution < -0.4 is 5.56 Å². The molecule has 1 aliphatic rings. The first-order valence-corrected chi connectivity index (χ1v) is 8.48. The first-order valence-electron chi connectivity index (χ1n) is 8.48. The van der Waals surface area contributed by atoms with Gasteiger partial charge >= 0.3 is 0 Å². The summed E-state index contributed by atoms with van der Waals surface area (Å²) in [6.07, 6.45) is 7.20. The van der Waals surface area contributed by atoms with Crippen LogP contribution in [-0.4, -0.2) is 42.7 Å². The van der Waals surface area contributed by atoms with E-state index < -0.39 is 0 Å². The van der Waals surface area contributed by atoms with Gasteiger partial charge in [-0.05, 0) is 44.0 Å². The first kappa shape index (κ1) is 15.8. The minimum Gasteiger partial charge on any atom is -0.364 e. The molecule has 0 aliphatic carbocycles. The molecule has 0 N–H and O–H groups in total. The lowest BCUT2D eigenvalue weighted by atomic mass is 9.97. The van der Waals surface area contributed by atoms with Crippen molar-refractivity contribution in [3.8, 4) is 5.82 Å². The van der Waals surface area contributed by atoms with Crippen LogP contribution >= 0.6 is 0 Å². The summed E-state index contributed by atoms with van der Waals surface area (Å²) in [6.45, 7) is 3.44. The molecule has 0 spiro atoms. The Morgan fingerprint density at radius 3 is 2.80 bits per heavy atom. The second-order valence-electron chi connectivity index (χ2n) is 6.37. The molecule has 0 radical (unpaired) electrons. The van der Waals surface area contributed by atoms with Crippen molar-refractivity contribution in [2.24, 2.45) is 5.92 Å². The summed E-state index contributed by atoms with van der Waals surface area (Å²) in [6, 6.07) is 6.99. The highest BCUT2D eigenvalue weighted by Gasteiger charge is 2.21. The lowest BCUT2D eigenvalue weighted by Gasteiger charge is -2.31. The monoisotopic (exact) mass is 340 g/mol. The van der Waals surface area contributed by atoms with Crippen molar-refractivity contribution in [1.29, 1.82) is 0 Å². The van der Waals surface area contributed by atoms with E-state index in [4.69, 9.17) is 4.52 Å². The molecule has 0 amide bonds. The van der Waals surface area contributed by atoms with Crippen LogP contribution in [0.5, 0.6) is 0 Å². The van der Waals surface area contributed by atoms with Gasteiger partial charge in [-0.1, -0.05) is 5.16 Å². The zero-order valence-corrected chi connectivity index (χ0v) is 13.9. The van der Waals surface area contributed by atoms with Crippen LogP contribution in [0.25, 0.3) is 5.82 Å². The molecule has 3 aromatic heterocycles. The fraction of sp³-hybridized carbons (Fsp3) is 0.412. The largest absolute Gasteiger partial charge is 0.364 e. The molecule has 130 valence electrons. The van der Waals surface area contributed by atoms with Gasteiger partial charge in [0.15, 0.2) is 5.82 Å². The maximum atomic E-state index is 12.1. The number of aromatic nitrogens is 5. The van der Waals surface area contributed by atoms with Crippen LogP contribution in [0.1, 0.15) is 18.5 Å². The van der Waals surface area contributed by atoms with E-state index in [1.54, 1.807) is 34.0 Å². The van der Waals surface area contributed by atoms with Crippen LogP contribution in [-0.2, 0) is 13.1 Å². The second kappa shape index (κ2) is 7.02. The van der Waals surface area contributed by atoms with E-state index >= 15 is 0 Å². The predicted molar refractivity (Wildman–Crippen MR) is 90.1 cm³/mol. The minimum atomic E-state index is -0.0686. The van der Waals surface area contributed by atoms with Gasteiger partial charge in [0.1, 0.15) is 6.26 Å². The summed E-state index contributed by atoms with van der Waals surface area (Å²) in [7, 11) is 0. The Balaban J connectivity index is 1.38. The van der Waals surface area contributed by atoms with Gasteiger partial charge in [0.25, 0.3) is 5.56 Å². The highest BCUT2D eigenvalue weighted by atomic mass is 16.5. The Hall–Kier alpha value is -2.74. The van der Waals surface area contributed by atoms with Gasteiger partial charge in [0.05, 0.1) is 5.69 Å². The molecule has 25 heavy (non-hydrogen) atoms. The summed E-state index contributed by atoms with van der Waals surface area (Å²) in [5.41, 5.74) is 0.893. The van der Waals surface area contributed by atoms with Crippen molar-refractivity contribution in [2.75, 3.05) is 13.1 Å². The molecule has 0 aromatic carbocycles. The highest BCUT2D eigenvalue weighted by molar-refractivity contribution is 5.17. The van der Waals surface area contributed by atoms with E-state index in [1.165, 1.54) is 0 Å². The molecule has 8 nitrogen and oxygen atoms in total. The highest BCUT2D eigenvalue weighted by Crippen LogP contribution is 2.19. The van der Waals surface area contributed by atoms with Crippen LogP contribution in [0, 0.1) is 5.92 Å². The Bertz CT molecular complexity index is 848. The molecule has 0 atom stereocenters. The summed E-state index contributed by atoms with van der Waals surface area (Å²) in [5, 5.41) is 12.6. The van der Waals surface area contributed by atoms with Gasteiger partial charge in [0, 0.05) is 37.6 Å². The smallest absolute Gasteiger partial charge is 0.266 e. The third-order valence-electron chi connectivity index (χ3n) is 4.61. The zero-order chi connectivity index (χ0) is 17.1. The third-order valence-corrected chi connectivity index (χ3v) is 4.61. The predicted octanol–water partition coefficient (Wildman–Crippen LogP) is 1.33. The van der Waals surface area contributed by atoms with E-state index in [0.717, 1.165) is 38.2 Å². The van der Waals surface area contributed by atoms with Crippen molar-refractivity contribution < 1.29 is 4.52 Å². The fourth-order valence-corrected chi connectivity index (χ4v) is 3.22. The Kier molecular flexibility index (Phi) is 4.43. The van der Waals surface area contributed by atoms with Gasteiger partial charge in [-0.2, -0.15) is 5.10 Å². The van der Waals surface area contributed by atoms with Crippen molar-refractivity contribution in [2.45, 2.75) is 25.9 Å². The van der Waals surface area contributed by atoms with Gasteiger partial charge in [-0.15, -0.1) is 5.10 Å². The SMILES string of the molecule is O=c1ccc(-n2cccn2)nn1CC1CCN(Cc2ccon2)CC1. The normalized spacial score (nSPS) is 16.3. The lowest BCUT2D eigenvalue weighted by Crippen LogP contribution is -2.36. The number of nitrogens with zero attached hydrogens (tertiary/aromatic N) is 6. The number of rotatable bonds is 5. The summed E-state index contributed by atoms with van der Waals surface area (Å²) in [4.78, 5) is 14.5. The maximum absolute atomic E-state index is 12.1. The summed E-state index contributed by atoms with van der Waals surface area (Å²) >= 11 is 0. The van der Waals surface area contributed by atoms with E-state index in [0.29, 0.717) is 18.3 Å². The van der Waals surface area contributed by atoms with E-state index in [1.807, 2.05) is 18.3 Å². The number of hydrogen-bond acceptors (Lipinski definition) is 6. The molecule has 0 unspecified atom stereocenters. The van der Waals surface area contributed by atoms with Crippen LogP contribution in [0.3, 0.4) is 0 Å². The number of piperidine rings is 1. The fourth-order valence-electron chi connectivity index (χ4n) is 3.22. The maximum Gasteiger partial charge on any atom is 0.266 e. The number of hydrogen-bond donors (Lipinski definition) is 0. The average Bonchev–Trinajstić information content (AvgIpc) is 3.32. The van der Waals surface area contributed by atoms with E-state index in [9.17, 15) is 4.79 Å². The molecule has 8 heteroatoms. The molecule has 0 saturated carbocycles. The van der Waals surface area contributed by atoms with E-state index in [-0.39, 0.29) is 5.56 Å². The van der Waals surface area contributed by atoms with Crippen molar-refractivity contribution in [3.05, 3.63) is 59.0 Å². The third kappa shape index (κ3) is 3.69. The minimum absolute atomic E-state index is 0.0686. The molecule has 1 fully saturated rings. The van der Waals surface area contributed by atoms with Crippen molar-refractivity contribution in [3.63, 3.8) is 0 Å². The Morgan fingerprint density at radius 1 is 1.20 bits per heavy atom. The van der Waals surface area contributed by atoms with Gasteiger partial charge in [0.2, 0.25) is 0 Å². The molecule has 3 aromatic rings. The van der Waals surface area contributed by atoms with Crippen LogP contribution in [0.4, 0.5) is 0 Å². The van der Waals surface area contributed by atoms with Gasteiger partial charge < -0.3 is 4.52 Å². The van der Waals surface area contributed by atoms with Crippen molar-refractivity contribution >= 4 is 0 Å². The zero-order valence-electron chi connectivity index (χ0n) is 13.9. The molecule has 4 rings (SSSR count). The Labute approximate surface area is 144 Å². The standard InChI is InChI=1S/C17H20N6O2/c24-17-3-2-16(22-8-1-7-18-22)19-23(17)12-14-4-9-21(10-5-14)13-15-6-11-25-20-15/h1-3,6-8,11,14H,4-5,9-10,12-13H2. The molecular weight excluding hydrogens is 320 g/mol. The summed E-state index contributed by atoms with van der Waals surface area (Å²) in [5.74, 6) is 1.11. The second-order valence-corrected chi connectivity index (χ2v) is 6.37. The van der Waals surface area contributed by atoms with Gasteiger partial charge in [-0.3, -0.25) is 9.69 Å².